The third-order valence-corrected chi connectivity index (χ3v) is 4.29. The Morgan fingerprint density at radius 3 is 2.30 bits per heavy atom. The number of carbonyl (C=O) groups is 2. The van der Waals surface area contributed by atoms with Gasteiger partial charge >= 0.3 is 0 Å². The largest absolute Gasteiger partial charge is 0.368 e. The third kappa shape index (κ3) is 4.66. The first kappa shape index (κ1) is 17.2. The number of rotatable bonds is 5. The molecule has 2 aromatic rings. The van der Waals surface area contributed by atoms with Crippen LogP contribution >= 0.6 is 15.9 Å². The highest BCUT2D eigenvalue weighted by atomic mass is 79.9. The van der Waals surface area contributed by atoms with Crippen LogP contribution in [0.4, 0.5) is 0 Å². The molecule has 0 saturated heterocycles. The molecule has 0 unspecified atom stereocenters. The smallest absolute Gasteiger partial charge is 0.251 e. The summed E-state index contributed by atoms with van der Waals surface area (Å²) >= 11 is 3.44. The molecule has 0 radical (unpaired) electrons. The molecular formula is C18H19BrN2O2. The molecule has 0 bridgehead atoms. The number of hydrogen-bond donors (Lipinski definition) is 2. The quantitative estimate of drug-likeness (QED) is 0.844. The first-order valence-electron chi connectivity index (χ1n) is 7.28. The second-order valence-corrected chi connectivity index (χ2v) is 6.45. The minimum absolute atomic E-state index is 0.298. The van der Waals surface area contributed by atoms with Gasteiger partial charge in [0.1, 0.15) is 6.04 Å². The average molecular weight is 375 g/mol. The highest BCUT2D eigenvalue weighted by Gasteiger charge is 2.20. The molecule has 3 N–H and O–H groups in total. The summed E-state index contributed by atoms with van der Waals surface area (Å²) in [5, 5.41) is 2.73. The molecule has 2 aromatic carbocycles. The molecule has 0 aliphatic heterocycles. The van der Waals surface area contributed by atoms with Crippen molar-refractivity contribution in [2.24, 2.45) is 5.73 Å². The van der Waals surface area contributed by atoms with Crippen molar-refractivity contribution in [3.63, 3.8) is 0 Å². The van der Waals surface area contributed by atoms with Crippen molar-refractivity contribution in [1.82, 2.24) is 5.32 Å². The van der Waals surface area contributed by atoms with E-state index in [0.717, 1.165) is 21.2 Å². The van der Waals surface area contributed by atoms with Gasteiger partial charge in [-0.2, -0.15) is 0 Å². The molecular weight excluding hydrogens is 356 g/mol. The van der Waals surface area contributed by atoms with E-state index >= 15 is 0 Å². The molecule has 0 aliphatic carbocycles. The zero-order valence-corrected chi connectivity index (χ0v) is 14.7. The van der Waals surface area contributed by atoms with Crippen LogP contribution in [0.25, 0.3) is 0 Å². The highest BCUT2D eigenvalue weighted by Crippen LogP contribution is 2.18. The van der Waals surface area contributed by atoms with Crippen molar-refractivity contribution in [2.75, 3.05) is 0 Å². The van der Waals surface area contributed by atoms with Crippen LogP contribution in [-0.2, 0) is 11.2 Å². The molecule has 0 aliphatic rings. The van der Waals surface area contributed by atoms with E-state index in [1.807, 2.05) is 44.2 Å². The number of amides is 2. The molecule has 0 spiro atoms. The van der Waals surface area contributed by atoms with Gasteiger partial charge in [0.25, 0.3) is 5.91 Å². The van der Waals surface area contributed by atoms with Crippen LogP contribution in [0.3, 0.4) is 0 Å². The molecule has 5 heteroatoms. The van der Waals surface area contributed by atoms with Crippen LogP contribution in [0.2, 0.25) is 0 Å². The number of nitrogens with two attached hydrogens (primary N) is 1. The molecule has 0 fully saturated rings. The van der Waals surface area contributed by atoms with E-state index in [2.05, 4.69) is 21.2 Å². The number of primary amides is 1. The Kier molecular flexibility index (Phi) is 5.55. The number of aryl methyl sites for hydroxylation is 2. The van der Waals surface area contributed by atoms with E-state index in [1.54, 1.807) is 12.1 Å². The summed E-state index contributed by atoms with van der Waals surface area (Å²) in [5.41, 5.74) is 8.89. The van der Waals surface area contributed by atoms with E-state index in [4.69, 9.17) is 5.73 Å². The van der Waals surface area contributed by atoms with Gasteiger partial charge in [-0.25, -0.2) is 0 Å². The van der Waals surface area contributed by atoms with Crippen molar-refractivity contribution >= 4 is 27.7 Å². The van der Waals surface area contributed by atoms with Crippen molar-refractivity contribution in [2.45, 2.75) is 26.3 Å². The normalized spacial score (nSPS) is 11.8. The summed E-state index contributed by atoms with van der Waals surface area (Å²) in [7, 11) is 0. The van der Waals surface area contributed by atoms with Crippen LogP contribution in [0.1, 0.15) is 27.0 Å². The van der Waals surface area contributed by atoms with Gasteiger partial charge in [0.2, 0.25) is 5.91 Å². The summed E-state index contributed by atoms with van der Waals surface area (Å²) in [6, 6.07) is 12.4. The predicted octanol–water partition coefficient (Wildman–Crippen LogP) is 2.89. The van der Waals surface area contributed by atoms with Crippen LogP contribution in [0, 0.1) is 13.8 Å². The van der Waals surface area contributed by atoms with Gasteiger partial charge in [-0.1, -0.05) is 51.3 Å². The van der Waals surface area contributed by atoms with Gasteiger partial charge in [0.15, 0.2) is 0 Å². The fourth-order valence-electron chi connectivity index (χ4n) is 2.45. The maximum atomic E-state index is 12.4. The molecule has 4 nitrogen and oxygen atoms in total. The molecule has 2 amide bonds. The number of hydrogen-bond acceptors (Lipinski definition) is 2. The van der Waals surface area contributed by atoms with Crippen molar-refractivity contribution in [3.05, 3.63) is 69.2 Å². The minimum Gasteiger partial charge on any atom is -0.368 e. The summed E-state index contributed by atoms with van der Waals surface area (Å²) in [6.07, 6.45) is 0.341. The first-order valence-corrected chi connectivity index (χ1v) is 8.08. The lowest BCUT2D eigenvalue weighted by Gasteiger charge is -2.17. The fraction of sp³-hybridized carbons (Fsp3) is 0.222. The maximum absolute atomic E-state index is 12.4. The van der Waals surface area contributed by atoms with E-state index in [1.165, 1.54) is 0 Å². The van der Waals surface area contributed by atoms with E-state index in [0.29, 0.717) is 12.0 Å². The Hall–Kier alpha value is -2.14. The molecule has 23 heavy (non-hydrogen) atoms. The Labute approximate surface area is 144 Å². The molecule has 0 heterocycles. The lowest BCUT2D eigenvalue weighted by atomic mass is 10.0. The summed E-state index contributed by atoms with van der Waals surface area (Å²) in [4.78, 5) is 24.1. The zero-order chi connectivity index (χ0) is 17.0. The van der Waals surface area contributed by atoms with Gasteiger partial charge in [0.05, 0.1) is 0 Å². The zero-order valence-electron chi connectivity index (χ0n) is 13.1. The lowest BCUT2D eigenvalue weighted by Crippen LogP contribution is -2.45. The third-order valence-electron chi connectivity index (χ3n) is 3.51. The van der Waals surface area contributed by atoms with Crippen LogP contribution in [-0.4, -0.2) is 17.9 Å². The monoisotopic (exact) mass is 374 g/mol. The average Bonchev–Trinajstić information content (AvgIpc) is 2.47. The highest BCUT2D eigenvalue weighted by molar-refractivity contribution is 9.10. The van der Waals surface area contributed by atoms with Crippen molar-refractivity contribution < 1.29 is 9.59 Å². The van der Waals surface area contributed by atoms with E-state index in [9.17, 15) is 9.59 Å². The van der Waals surface area contributed by atoms with Crippen LogP contribution in [0.5, 0.6) is 0 Å². The number of halogens is 1. The second-order valence-electron chi connectivity index (χ2n) is 5.60. The van der Waals surface area contributed by atoms with Crippen molar-refractivity contribution in [1.29, 1.82) is 0 Å². The van der Waals surface area contributed by atoms with Crippen molar-refractivity contribution in [3.8, 4) is 0 Å². The van der Waals surface area contributed by atoms with Crippen LogP contribution < -0.4 is 11.1 Å². The van der Waals surface area contributed by atoms with Gasteiger partial charge in [-0.3, -0.25) is 9.59 Å². The summed E-state index contributed by atoms with van der Waals surface area (Å²) in [6.45, 7) is 3.85. The number of nitrogens with one attached hydrogen (secondary N) is 1. The SMILES string of the molecule is Cc1cc(C)cc(C(=O)N[C@@H](Cc2ccccc2Br)C(N)=O)c1. The molecule has 1 atom stereocenters. The Morgan fingerprint density at radius 2 is 1.74 bits per heavy atom. The summed E-state index contributed by atoms with van der Waals surface area (Å²) < 4.78 is 0.881. The van der Waals surface area contributed by atoms with Gasteiger partial charge < -0.3 is 11.1 Å². The van der Waals surface area contributed by atoms with Gasteiger partial charge in [0, 0.05) is 16.5 Å². The standard InChI is InChI=1S/C18H19BrN2O2/c1-11-7-12(2)9-14(8-11)18(23)21-16(17(20)22)10-13-5-3-4-6-15(13)19/h3-9,16H,10H2,1-2H3,(H2,20,22)(H,21,23)/t16-/m0/s1. The maximum Gasteiger partial charge on any atom is 0.251 e. The number of benzene rings is 2. The van der Waals surface area contributed by atoms with Gasteiger partial charge in [-0.15, -0.1) is 0 Å². The lowest BCUT2D eigenvalue weighted by molar-refractivity contribution is -0.119. The number of carbonyl (C=O) groups excluding carboxylic acids is 2. The first-order chi connectivity index (χ1) is 10.9. The Morgan fingerprint density at radius 1 is 1.13 bits per heavy atom. The molecule has 2 rings (SSSR count). The Bertz CT molecular complexity index is 723. The topological polar surface area (TPSA) is 72.2 Å². The van der Waals surface area contributed by atoms with E-state index < -0.39 is 11.9 Å². The van der Waals surface area contributed by atoms with Crippen LogP contribution in [0.15, 0.2) is 46.9 Å². The van der Waals surface area contributed by atoms with Gasteiger partial charge in [-0.05, 0) is 37.6 Å². The molecule has 0 saturated carbocycles. The van der Waals surface area contributed by atoms with E-state index in [-0.39, 0.29) is 5.91 Å². The summed E-state index contributed by atoms with van der Waals surface area (Å²) in [5.74, 6) is -0.855. The molecule has 120 valence electrons. The minimum atomic E-state index is -0.762. The fourth-order valence-corrected chi connectivity index (χ4v) is 2.90. The molecule has 0 aromatic heterocycles. The predicted molar refractivity (Wildman–Crippen MR) is 94.2 cm³/mol. The second kappa shape index (κ2) is 7.42. The Balaban J connectivity index is 2.18.